The predicted molar refractivity (Wildman–Crippen MR) is 98.8 cm³/mol. The van der Waals surface area contributed by atoms with Crippen molar-refractivity contribution in [3.8, 4) is 10.6 Å². The molecule has 0 spiro atoms. The molecular weight excluding hydrogens is 342 g/mol. The molecule has 0 saturated carbocycles. The Hall–Kier alpha value is -2.63. The first-order chi connectivity index (χ1) is 11.7. The number of carbonyl (C=O) groups is 1. The van der Waals surface area contributed by atoms with E-state index in [1.165, 1.54) is 11.3 Å². The molecule has 0 fully saturated rings. The number of halogens is 1. The second-order valence-corrected chi connectivity index (χ2v) is 6.57. The molecule has 1 amide bonds. The van der Waals surface area contributed by atoms with Crippen LogP contribution in [-0.4, -0.2) is 15.9 Å². The number of benzene rings is 2. The number of H-pyrrole nitrogens is 1. The van der Waals surface area contributed by atoms with Gasteiger partial charge in [0.2, 0.25) is 0 Å². The molecule has 2 N–H and O–H groups in total. The molecule has 0 unspecified atom stereocenters. The Morgan fingerprint density at radius 1 is 1.12 bits per heavy atom. The maximum atomic E-state index is 12.4. The smallest absolute Gasteiger partial charge is 0.275 e. The molecule has 2 aromatic carbocycles. The average molecular weight is 354 g/mol. The lowest BCUT2D eigenvalue weighted by molar-refractivity contribution is 0.102. The third kappa shape index (κ3) is 2.91. The number of fused-ring (bicyclic) bond motifs is 1. The third-order valence-electron chi connectivity index (χ3n) is 3.64. The number of nitrogens with zero attached hydrogens (tertiary/aromatic N) is 1. The van der Waals surface area contributed by atoms with Crippen LogP contribution in [0.5, 0.6) is 0 Å². The number of amides is 1. The number of carbonyl (C=O) groups excluding carboxylic acids is 1. The van der Waals surface area contributed by atoms with Gasteiger partial charge in [0.15, 0.2) is 0 Å². The SMILES string of the molecule is O=C(Nc1ccc2[nH]ccc2c1)c1csc(-c2ccc(Cl)cc2)n1. The van der Waals surface area contributed by atoms with Gasteiger partial charge in [0.1, 0.15) is 10.7 Å². The van der Waals surface area contributed by atoms with Gasteiger partial charge in [0.05, 0.1) is 0 Å². The first-order valence-electron chi connectivity index (χ1n) is 7.29. The molecule has 0 atom stereocenters. The van der Waals surface area contributed by atoms with Crippen molar-refractivity contribution >= 4 is 45.4 Å². The Labute approximate surface area is 147 Å². The van der Waals surface area contributed by atoms with Crippen molar-refractivity contribution in [1.82, 2.24) is 9.97 Å². The Morgan fingerprint density at radius 3 is 2.79 bits per heavy atom. The molecule has 0 aliphatic carbocycles. The average Bonchev–Trinajstić information content (AvgIpc) is 3.24. The fraction of sp³-hybridized carbons (Fsp3) is 0. The first-order valence-corrected chi connectivity index (χ1v) is 8.55. The van der Waals surface area contributed by atoms with Crippen LogP contribution in [0.1, 0.15) is 10.5 Å². The summed E-state index contributed by atoms with van der Waals surface area (Å²) in [6, 6.07) is 15.1. The molecule has 0 radical (unpaired) electrons. The van der Waals surface area contributed by atoms with Gasteiger partial charge in [-0.2, -0.15) is 0 Å². The summed E-state index contributed by atoms with van der Waals surface area (Å²) < 4.78 is 0. The van der Waals surface area contributed by atoms with E-state index in [0.29, 0.717) is 10.7 Å². The maximum absolute atomic E-state index is 12.4. The maximum Gasteiger partial charge on any atom is 0.275 e. The van der Waals surface area contributed by atoms with E-state index in [9.17, 15) is 4.79 Å². The van der Waals surface area contributed by atoms with E-state index >= 15 is 0 Å². The van der Waals surface area contributed by atoms with E-state index in [0.717, 1.165) is 27.2 Å². The van der Waals surface area contributed by atoms with Gasteiger partial charge in [-0.05, 0) is 36.4 Å². The highest BCUT2D eigenvalue weighted by atomic mass is 35.5. The van der Waals surface area contributed by atoms with Gasteiger partial charge in [-0.1, -0.05) is 23.7 Å². The van der Waals surface area contributed by atoms with Gasteiger partial charge in [0, 0.05) is 38.8 Å². The summed E-state index contributed by atoms with van der Waals surface area (Å²) >= 11 is 7.33. The number of hydrogen-bond acceptors (Lipinski definition) is 3. The summed E-state index contributed by atoms with van der Waals surface area (Å²) in [6.07, 6.45) is 1.87. The van der Waals surface area contributed by atoms with Crippen LogP contribution in [0.15, 0.2) is 60.1 Å². The molecule has 24 heavy (non-hydrogen) atoms. The molecule has 118 valence electrons. The second kappa shape index (κ2) is 6.11. The Balaban J connectivity index is 1.55. The van der Waals surface area contributed by atoms with Crippen molar-refractivity contribution in [2.24, 2.45) is 0 Å². The minimum Gasteiger partial charge on any atom is -0.361 e. The molecular formula is C18H12ClN3OS. The highest BCUT2D eigenvalue weighted by molar-refractivity contribution is 7.13. The van der Waals surface area contributed by atoms with Crippen molar-refractivity contribution in [2.75, 3.05) is 5.32 Å². The summed E-state index contributed by atoms with van der Waals surface area (Å²) in [5.74, 6) is -0.221. The largest absolute Gasteiger partial charge is 0.361 e. The van der Waals surface area contributed by atoms with Gasteiger partial charge >= 0.3 is 0 Å². The van der Waals surface area contributed by atoms with E-state index in [2.05, 4.69) is 15.3 Å². The molecule has 2 heterocycles. The van der Waals surface area contributed by atoms with E-state index in [-0.39, 0.29) is 5.91 Å². The number of anilines is 1. The molecule has 4 aromatic rings. The first kappa shape index (κ1) is 14.9. The standard InChI is InChI=1S/C18H12ClN3OS/c19-13-3-1-11(2-4-13)18-22-16(10-24-18)17(23)21-14-5-6-15-12(9-14)7-8-20-15/h1-10,20H,(H,21,23). The van der Waals surface area contributed by atoms with Crippen molar-refractivity contribution in [1.29, 1.82) is 0 Å². The van der Waals surface area contributed by atoms with E-state index in [1.807, 2.05) is 54.7 Å². The van der Waals surface area contributed by atoms with Crippen LogP contribution in [0.2, 0.25) is 5.02 Å². The van der Waals surface area contributed by atoms with Crippen LogP contribution in [-0.2, 0) is 0 Å². The Bertz CT molecular complexity index is 1020. The van der Waals surface area contributed by atoms with Crippen LogP contribution in [0.4, 0.5) is 5.69 Å². The Morgan fingerprint density at radius 2 is 1.96 bits per heavy atom. The highest BCUT2D eigenvalue weighted by Gasteiger charge is 2.12. The number of thiazole rings is 1. The van der Waals surface area contributed by atoms with Crippen molar-refractivity contribution in [3.05, 3.63) is 70.8 Å². The quantitative estimate of drug-likeness (QED) is 0.532. The second-order valence-electron chi connectivity index (χ2n) is 5.28. The molecule has 4 nitrogen and oxygen atoms in total. The number of hydrogen-bond donors (Lipinski definition) is 2. The highest BCUT2D eigenvalue weighted by Crippen LogP contribution is 2.26. The molecule has 0 saturated heterocycles. The summed E-state index contributed by atoms with van der Waals surface area (Å²) in [4.78, 5) is 19.9. The summed E-state index contributed by atoms with van der Waals surface area (Å²) in [7, 11) is 0. The van der Waals surface area contributed by atoms with Crippen LogP contribution in [0.25, 0.3) is 21.5 Å². The van der Waals surface area contributed by atoms with Crippen LogP contribution < -0.4 is 5.32 Å². The minimum absolute atomic E-state index is 0.221. The normalized spacial score (nSPS) is 10.9. The Kier molecular flexibility index (Phi) is 3.80. The monoisotopic (exact) mass is 353 g/mol. The van der Waals surface area contributed by atoms with Crippen LogP contribution in [0, 0.1) is 0 Å². The zero-order valence-electron chi connectivity index (χ0n) is 12.4. The topological polar surface area (TPSA) is 57.8 Å². The van der Waals surface area contributed by atoms with Gasteiger partial charge < -0.3 is 10.3 Å². The summed E-state index contributed by atoms with van der Waals surface area (Å²) in [5.41, 5.74) is 3.12. The third-order valence-corrected chi connectivity index (χ3v) is 4.78. The molecule has 0 aliphatic rings. The number of aromatic nitrogens is 2. The zero-order valence-corrected chi connectivity index (χ0v) is 14.0. The van der Waals surface area contributed by atoms with Gasteiger partial charge in [-0.3, -0.25) is 4.79 Å². The number of rotatable bonds is 3. The molecule has 4 rings (SSSR count). The fourth-order valence-electron chi connectivity index (χ4n) is 2.43. The molecule has 0 bridgehead atoms. The molecule has 0 aliphatic heterocycles. The van der Waals surface area contributed by atoms with Gasteiger partial charge in [0.25, 0.3) is 5.91 Å². The summed E-state index contributed by atoms with van der Waals surface area (Å²) in [6.45, 7) is 0. The predicted octanol–water partition coefficient (Wildman–Crippen LogP) is 5.20. The lowest BCUT2D eigenvalue weighted by Crippen LogP contribution is -2.12. The molecule has 6 heteroatoms. The van der Waals surface area contributed by atoms with Crippen LogP contribution in [0.3, 0.4) is 0 Å². The zero-order chi connectivity index (χ0) is 16.5. The van der Waals surface area contributed by atoms with Gasteiger partial charge in [-0.25, -0.2) is 4.98 Å². The van der Waals surface area contributed by atoms with Crippen molar-refractivity contribution in [3.63, 3.8) is 0 Å². The summed E-state index contributed by atoms with van der Waals surface area (Å²) in [5, 5.41) is 7.16. The lowest BCUT2D eigenvalue weighted by atomic mass is 10.2. The lowest BCUT2D eigenvalue weighted by Gasteiger charge is -2.03. The van der Waals surface area contributed by atoms with Crippen molar-refractivity contribution < 1.29 is 4.79 Å². The van der Waals surface area contributed by atoms with Crippen LogP contribution >= 0.6 is 22.9 Å². The fourth-order valence-corrected chi connectivity index (χ4v) is 3.36. The number of nitrogens with one attached hydrogen (secondary N) is 2. The van der Waals surface area contributed by atoms with Gasteiger partial charge in [-0.15, -0.1) is 11.3 Å². The minimum atomic E-state index is -0.221. The number of aromatic amines is 1. The molecule has 2 aromatic heterocycles. The van der Waals surface area contributed by atoms with E-state index < -0.39 is 0 Å². The van der Waals surface area contributed by atoms with E-state index in [4.69, 9.17) is 11.6 Å². The van der Waals surface area contributed by atoms with E-state index in [1.54, 1.807) is 5.38 Å². The van der Waals surface area contributed by atoms with Crippen molar-refractivity contribution in [2.45, 2.75) is 0 Å².